The van der Waals surface area contributed by atoms with E-state index in [9.17, 15) is 0 Å². The predicted molar refractivity (Wildman–Crippen MR) is 77.3 cm³/mol. The van der Waals surface area contributed by atoms with Crippen LogP contribution in [-0.4, -0.2) is 22.2 Å². The third-order valence-corrected chi connectivity index (χ3v) is 4.49. The van der Waals surface area contributed by atoms with Gasteiger partial charge in [0.2, 0.25) is 5.13 Å². The van der Waals surface area contributed by atoms with Crippen LogP contribution in [0.4, 0.5) is 5.13 Å². The Morgan fingerprint density at radius 1 is 1.33 bits per heavy atom. The summed E-state index contributed by atoms with van der Waals surface area (Å²) in [5.41, 5.74) is 2.23. The molecule has 4 nitrogen and oxygen atoms in total. The summed E-state index contributed by atoms with van der Waals surface area (Å²) >= 11 is 3.24. The first-order chi connectivity index (χ1) is 8.69. The van der Waals surface area contributed by atoms with Gasteiger partial charge in [-0.3, -0.25) is 4.98 Å². The maximum Gasteiger partial charge on any atom is 0.206 e. The van der Waals surface area contributed by atoms with Crippen molar-refractivity contribution in [1.82, 2.24) is 15.2 Å². The zero-order valence-corrected chi connectivity index (χ0v) is 12.3. The smallest absolute Gasteiger partial charge is 0.206 e. The molecular weight excluding hydrogens is 264 g/mol. The minimum absolute atomic E-state index is 0.465. The van der Waals surface area contributed by atoms with Crippen molar-refractivity contribution in [2.24, 2.45) is 0 Å². The van der Waals surface area contributed by atoms with Crippen molar-refractivity contribution in [3.63, 3.8) is 0 Å². The molecule has 0 aliphatic heterocycles. The van der Waals surface area contributed by atoms with Crippen LogP contribution in [-0.2, 0) is 5.75 Å². The number of nitrogens with zero attached hydrogens (tertiary/aromatic N) is 3. The van der Waals surface area contributed by atoms with Gasteiger partial charge < -0.3 is 5.32 Å². The van der Waals surface area contributed by atoms with Crippen molar-refractivity contribution in [2.75, 3.05) is 12.4 Å². The average Bonchev–Trinajstić information content (AvgIpc) is 2.84. The molecule has 0 radical (unpaired) electrons. The van der Waals surface area contributed by atoms with Crippen LogP contribution in [0, 0.1) is 0 Å². The monoisotopic (exact) mass is 280 g/mol. The van der Waals surface area contributed by atoms with Gasteiger partial charge in [0.1, 0.15) is 0 Å². The fraction of sp³-hybridized carbons (Fsp3) is 0.417. The average molecular weight is 280 g/mol. The van der Waals surface area contributed by atoms with Crippen LogP contribution in [0.2, 0.25) is 0 Å². The van der Waals surface area contributed by atoms with E-state index in [1.54, 1.807) is 23.1 Å². The SMILES string of the molecule is CNc1nnc(SCc2cccc(C(C)C)n2)s1. The molecule has 6 heteroatoms. The number of rotatable bonds is 5. The third kappa shape index (κ3) is 3.43. The molecule has 0 atom stereocenters. The summed E-state index contributed by atoms with van der Waals surface area (Å²) in [6, 6.07) is 6.19. The van der Waals surface area contributed by atoms with E-state index in [1.165, 1.54) is 0 Å². The first kappa shape index (κ1) is 13.3. The molecule has 0 aliphatic rings. The summed E-state index contributed by atoms with van der Waals surface area (Å²) in [5, 5.41) is 11.9. The van der Waals surface area contributed by atoms with Crippen molar-refractivity contribution in [3.8, 4) is 0 Å². The molecule has 0 spiro atoms. The summed E-state index contributed by atoms with van der Waals surface area (Å²) in [6.07, 6.45) is 0. The van der Waals surface area contributed by atoms with Crippen molar-refractivity contribution in [1.29, 1.82) is 0 Å². The maximum absolute atomic E-state index is 4.63. The Bertz CT molecular complexity index is 510. The van der Waals surface area contributed by atoms with E-state index in [1.807, 2.05) is 7.05 Å². The molecule has 0 saturated carbocycles. The Morgan fingerprint density at radius 2 is 2.17 bits per heavy atom. The normalized spacial score (nSPS) is 10.9. The minimum atomic E-state index is 0.465. The predicted octanol–water partition coefficient (Wildman–Crippen LogP) is 3.39. The lowest BCUT2D eigenvalue weighted by Crippen LogP contribution is -1.95. The largest absolute Gasteiger partial charge is 0.363 e. The summed E-state index contributed by atoms with van der Waals surface area (Å²) < 4.78 is 0.969. The van der Waals surface area contributed by atoms with E-state index in [4.69, 9.17) is 0 Å². The molecule has 0 aliphatic carbocycles. The molecule has 96 valence electrons. The lowest BCUT2D eigenvalue weighted by atomic mass is 10.1. The van der Waals surface area contributed by atoms with Crippen LogP contribution in [0.3, 0.4) is 0 Å². The van der Waals surface area contributed by atoms with Gasteiger partial charge in [-0.05, 0) is 18.1 Å². The molecule has 0 saturated heterocycles. The number of nitrogens with one attached hydrogen (secondary N) is 1. The van der Waals surface area contributed by atoms with Gasteiger partial charge in [0.15, 0.2) is 4.34 Å². The van der Waals surface area contributed by atoms with E-state index < -0.39 is 0 Å². The Hall–Kier alpha value is -1.14. The number of hydrogen-bond acceptors (Lipinski definition) is 6. The molecule has 0 fully saturated rings. The highest BCUT2D eigenvalue weighted by atomic mass is 32.2. The van der Waals surface area contributed by atoms with Crippen molar-refractivity contribution >= 4 is 28.2 Å². The molecule has 2 rings (SSSR count). The Kier molecular flexibility index (Phi) is 4.54. The molecule has 0 amide bonds. The van der Waals surface area contributed by atoms with Crippen LogP contribution in [0.5, 0.6) is 0 Å². The second-order valence-electron chi connectivity index (χ2n) is 4.12. The Labute approximate surface area is 115 Å². The van der Waals surface area contributed by atoms with E-state index in [2.05, 4.69) is 52.5 Å². The molecule has 1 N–H and O–H groups in total. The fourth-order valence-electron chi connectivity index (χ4n) is 1.40. The Morgan fingerprint density at radius 3 is 2.83 bits per heavy atom. The van der Waals surface area contributed by atoms with Crippen LogP contribution in [0.15, 0.2) is 22.5 Å². The standard InChI is InChI=1S/C12H16N4S2/c1-8(2)10-6-4-5-9(14-10)7-17-12-16-15-11(13-3)18-12/h4-6,8H,7H2,1-3H3,(H,13,15). The zero-order valence-electron chi connectivity index (χ0n) is 10.7. The van der Waals surface area contributed by atoms with E-state index >= 15 is 0 Å². The molecule has 2 aromatic heterocycles. The number of pyridine rings is 1. The number of hydrogen-bond donors (Lipinski definition) is 1. The third-order valence-electron chi connectivity index (χ3n) is 2.38. The Balaban J connectivity index is 1.99. The minimum Gasteiger partial charge on any atom is -0.363 e. The van der Waals surface area contributed by atoms with Gasteiger partial charge in [-0.25, -0.2) is 0 Å². The summed E-state index contributed by atoms with van der Waals surface area (Å²) in [4.78, 5) is 4.63. The van der Waals surface area contributed by atoms with Crippen LogP contribution >= 0.6 is 23.1 Å². The first-order valence-electron chi connectivity index (χ1n) is 5.79. The van der Waals surface area contributed by atoms with Gasteiger partial charge in [-0.15, -0.1) is 10.2 Å². The van der Waals surface area contributed by atoms with Gasteiger partial charge in [0.25, 0.3) is 0 Å². The van der Waals surface area contributed by atoms with E-state index in [-0.39, 0.29) is 0 Å². The van der Waals surface area contributed by atoms with Gasteiger partial charge in [-0.1, -0.05) is 43.0 Å². The van der Waals surface area contributed by atoms with Gasteiger partial charge >= 0.3 is 0 Å². The molecule has 18 heavy (non-hydrogen) atoms. The summed E-state index contributed by atoms with van der Waals surface area (Å²) in [6.45, 7) is 4.31. The van der Waals surface area contributed by atoms with Crippen LogP contribution in [0.25, 0.3) is 0 Å². The highest BCUT2D eigenvalue weighted by Crippen LogP contribution is 2.27. The molecule has 2 aromatic rings. The highest BCUT2D eigenvalue weighted by Gasteiger charge is 2.06. The van der Waals surface area contributed by atoms with Crippen molar-refractivity contribution < 1.29 is 0 Å². The fourth-order valence-corrected chi connectivity index (χ4v) is 3.02. The quantitative estimate of drug-likeness (QED) is 0.851. The van der Waals surface area contributed by atoms with Gasteiger partial charge in [-0.2, -0.15) is 0 Å². The molecular formula is C12H16N4S2. The van der Waals surface area contributed by atoms with E-state index in [0.29, 0.717) is 5.92 Å². The molecule has 0 unspecified atom stereocenters. The van der Waals surface area contributed by atoms with Gasteiger partial charge in [0.05, 0.1) is 5.69 Å². The summed E-state index contributed by atoms with van der Waals surface area (Å²) in [7, 11) is 1.85. The first-order valence-corrected chi connectivity index (χ1v) is 7.59. The zero-order chi connectivity index (χ0) is 13.0. The lowest BCUT2D eigenvalue weighted by molar-refractivity contribution is 0.814. The topological polar surface area (TPSA) is 50.7 Å². The molecule has 0 aromatic carbocycles. The summed E-state index contributed by atoms with van der Waals surface area (Å²) in [5.74, 6) is 1.30. The van der Waals surface area contributed by atoms with E-state index in [0.717, 1.165) is 26.6 Å². The second-order valence-corrected chi connectivity index (χ2v) is 6.32. The highest BCUT2D eigenvalue weighted by molar-refractivity contribution is 8.00. The molecule has 2 heterocycles. The maximum atomic E-state index is 4.63. The number of thioether (sulfide) groups is 1. The van der Waals surface area contributed by atoms with Crippen molar-refractivity contribution in [3.05, 3.63) is 29.6 Å². The van der Waals surface area contributed by atoms with Crippen molar-refractivity contribution in [2.45, 2.75) is 29.9 Å². The van der Waals surface area contributed by atoms with Crippen LogP contribution < -0.4 is 5.32 Å². The molecule has 0 bridgehead atoms. The van der Waals surface area contributed by atoms with Gasteiger partial charge in [0, 0.05) is 18.5 Å². The number of aromatic nitrogens is 3. The lowest BCUT2D eigenvalue weighted by Gasteiger charge is -2.05. The number of anilines is 1. The van der Waals surface area contributed by atoms with Crippen LogP contribution in [0.1, 0.15) is 31.2 Å². The second kappa shape index (κ2) is 6.15.